The molecule has 1 aromatic heterocycles. The number of benzene rings is 1. The first-order valence-corrected chi connectivity index (χ1v) is 10.0. The summed E-state index contributed by atoms with van der Waals surface area (Å²) < 4.78 is 1.80. The molecule has 1 amide bonds. The van der Waals surface area contributed by atoms with Gasteiger partial charge in [0.25, 0.3) is 5.91 Å². The Balaban J connectivity index is 1.48. The number of amides is 1. The third-order valence-corrected chi connectivity index (χ3v) is 5.63. The minimum absolute atomic E-state index is 0.127. The second kappa shape index (κ2) is 7.29. The van der Waals surface area contributed by atoms with Gasteiger partial charge in [-0.3, -0.25) is 9.48 Å². The van der Waals surface area contributed by atoms with Crippen LogP contribution in [0, 0.1) is 5.92 Å². The maximum absolute atomic E-state index is 13.1. The van der Waals surface area contributed by atoms with Gasteiger partial charge >= 0.3 is 0 Å². The van der Waals surface area contributed by atoms with Crippen LogP contribution in [0.1, 0.15) is 18.4 Å². The van der Waals surface area contributed by atoms with Gasteiger partial charge < -0.3 is 5.32 Å². The molecule has 0 bridgehead atoms. The summed E-state index contributed by atoms with van der Waals surface area (Å²) in [6.45, 7) is 2.00. The fourth-order valence-electron chi connectivity index (χ4n) is 4.09. The molecule has 0 aliphatic carbocycles. The van der Waals surface area contributed by atoms with E-state index >= 15 is 0 Å². The molecule has 0 unspecified atom stereocenters. The van der Waals surface area contributed by atoms with Crippen LogP contribution in [0.4, 0.5) is 0 Å². The van der Waals surface area contributed by atoms with Crippen LogP contribution in [-0.2, 0) is 11.8 Å². The summed E-state index contributed by atoms with van der Waals surface area (Å²) in [5.41, 5.74) is 4.58. The number of hydrogen-bond acceptors (Lipinski definition) is 4. The molecule has 0 spiro atoms. The molecule has 1 aromatic carbocycles. The van der Waals surface area contributed by atoms with E-state index in [0.717, 1.165) is 59.4 Å². The molecule has 0 radical (unpaired) electrons. The predicted molar refractivity (Wildman–Crippen MR) is 115 cm³/mol. The summed E-state index contributed by atoms with van der Waals surface area (Å²) in [6.07, 6.45) is 15.7. The number of nitrogens with one attached hydrogen (secondary N) is 1. The summed E-state index contributed by atoms with van der Waals surface area (Å²) in [6, 6.07) is 6.06. The van der Waals surface area contributed by atoms with Crippen molar-refractivity contribution in [3.8, 4) is 0 Å². The molecule has 29 heavy (non-hydrogen) atoms. The molecule has 0 saturated carbocycles. The predicted octanol–water partition coefficient (Wildman–Crippen LogP) is 3.16. The first-order chi connectivity index (χ1) is 14.2. The highest BCUT2D eigenvalue weighted by atomic mass is 16.2. The number of hydrogen-bond donors (Lipinski definition) is 1. The molecule has 2 aromatic rings. The van der Waals surface area contributed by atoms with Gasteiger partial charge in [-0.25, -0.2) is 0 Å². The van der Waals surface area contributed by atoms with Gasteiger partial charge in [0.05, 0.1) is 16.9 Å². The number of aromatic nitrogens is 2. The number of piperidine rings is 1. The van der Waals surface area contributed by atoms with Crippen molar-refractivity contribution in [1.82, 2.24) is 20.1 Å². The van der Waals surface area contributed by atoms with Crippen LogP contribution >= 0.6 is 0 Å². The monoisotopic (exact) mass is 385 g/mol. The molecule has 1 saturated heterocycles. The Morgan fingerprint density at radius 2 is 2.00 bits per heavy atom. The van der Waals surface area contributed by atoms with Crippen molar-refractivity contribution < 1.29 is 4.79 Å². The van der Waals surface area contributed by atoms with Gasteiger partial charge in [0.15, 0.2) is 0 Å². The standard InChI is InChI=1S/C23H23N5O/c1-27-15-19-13-18(5-7-22(19)25-27)17-3-2-4-20-6-8-21(16-9-11-24-12-10-16)26-28(20)23(29)14-17/h2-8,13-16,24H,9-12H2,1H3/b3-2?,17-14?,20-4+. The Morgan fingerprint density at radius 3 is 2.86 bits per heavy atom. The highest BCUT2D eigenvalue weighted by Gasteiger charge is 2.24. The summed E-state index contributed by atoms with van der Waals surface area (Å²) in [4.78, 5) is 13.1. The molecular weight excluding hydrogens is 362 g/mol. The summed E-state index contributed by atoms with van der Waals surface area (Å²) in [5.74, 6) is 0.275. The quantitative estimate of drug-likeness (QED) is 0.864. The second-order valence-electron chi connectivity index (χ2n) is 7.66. The van der Waals surface area contributed by atoms with Crippen LogP contribution in [-0.4, -0.2) is 39.5 Å². The fraction of sp³-hybridized carbons (Fsp3) is 0.261. The first kappa shape index (κ1) is 17.8. The number of carbonyl (C=O) groups is 1. The first-order valence-electron chi connectivity index (χ1n) is 10.0. The molecule has 1 N–H and O–H groups in total. The number of hydrazone groups is 1. The lowest BCUT2D eigenvalue weighted by atomic mass is 9.92. The molecule has 146 valence electrons. The summed E-state index contributed by atoms with van der Waals surface area (Å²) >= 11 is 0. The lowest BCUT2D eigenvalue weighted by Gasteiger charge is -2.28. The zero-order chi connectivity index (χ0) is 19.8. The SMILES string of the molecule is Cn1cc2cc(C3=CC(=O)N4N=C(C5CCNCC5)C=C/C4=C\C=C3)ccc2n1. The van der Waals surface area contributed by atoms with E-state index in [1.807, 2.05) is 49.7 Å². The van der Waals surface area contributed by atoms with Crippen LogP contribution in [0.3, 0.4) is 0 Å². The van der Waals surface area contributed by atoms with Gasteiger partial charge in [-0.15, -0.1) is 0 Å². The van der Waals surface area contributed by atoms with Crippen LogP contribution in [0.5, 0.6) is 0 Å². The van der Waals surface area contributed by atoms with Crippen molar-refractivity contribution in [3.63, 3.8) is 0 Å². The van der Waals surface area contributed by atoms with Crippen LogP contribution in [0.15, 0.2) is 71.7 Å². The van der Waals surface area contributed by atoms with E-state index in [0.29, 0.717) is 5.92 Å². The maximum atomic E-state index is 13.1. The minimum atomic E-state index is -0.127. The van der Waals surface area contributed by atoms with Crippen molar-refractivity contribution in [2.24, 2.45) is 18.1 Å². The average Bonchev–Trinajstić information content (AvgIpc) is 3.11. The Morgan fingerprint density at radius 1 is 1.14 bits per heavy atom. The van der Waals surface area contributed by atoms with E-state index in [1.165, 1.54) is 5.01 Å². The molecule has 3 aliphatic heterocycles. The number of aryl methyl sites for hydroxylation is 1. The maximum Gasteiger partial charge on any atom is 0.272 e. The molecule has 5 rings (SSSR count). The summed E-state index contributed by atoms with van der Waals surface area (Å²) in [5, 5.41) is 15.1. The van der Waals surface area contributed by atoms with E-state index in [2.05, 4.69) is 22.6 Å². The molecule has 4 heterocycles. The number of rotatable bonds is 2. The number of allylic oxidation sites excluding steroid dienone is 6. The van der Waals surface area contributed by atoms with E-state index in [9.17, 15) is 4.79 Å². The Bertz CT molecular complexity index is 1130. The molecule has 6 nitrogen and oxygen atoms in total. The number of nitrogens with zero attached hydrogens (tertiary/aromatic N) is 4. The number of fused-ring (bicyclic) bond motifs is 2. The van der Waals surface area contributed by atoms with Crippen LogP contribution < -0.4 is 5.32 Å². The van der Waals surface area contributed by atoms with E-state index in [-0.39, 0.29) is 5.91 Å². The Hall–Kier alpha value is -3.25. The van der Waals surface area contributed by atoms with Gasteiger partial charge in [0.1, 0.15) is 0 Å². The van der Waals surface area contributed by atoms with Gasteiger partial charge in [-0.05, 0) is 67.4 Å². The van der Waals surface area contributed by atoms with E-state index in [1.54, 1.807) is 10.8 Å². The van der Waals surface area contributed by atoms with Gasteiger partial charge in [-0.2, -0.15) is 15.2 Å². The summed E-state index contributed by atoms with van der Waals surface area (Å²) in [7, 11) is 1.91. The fourth-order valence-corrected chi connectivity index (χ4v) is 4.09. The highest BCUT2D eigenvalue weighted by molar-refractivity contribution is 6.04. The minimum Gasteiger partial charge on any atom is -0.317 e. The van der Waals surface area contributed by atoms with Crippen molar-refractivity contribution >= 4 is 28.1 Å². The van der Waals surface area contributed by atoms with Crippen molar-refractivity contribution in [1.29, 1.82) is 0 Å². The zero-order valence-corrected chi connectivity index (χ0v) is 16.4. The molecule has 1 fully saturated rings. The van der Waals surface area contributed by atoms with Crippen molar-refractivity contribution in [3.05, 3.63) is 72.1 Å². The van der Waals surface area contributed by atoms with E-state index in [4.69, 9.17) is 5.10 Å². The smallest absolute Gasteiger partial charge is 0.272 e. The van der Waals surface area contributed by atoms with Crippen molar-refractivity contribution in [2.75, 3.05) is 13.1 Å². The normalized spacial score (nSPS) is 21.9. The lowest BCUT2D eigenvalue weighted by Crippen LogP contribution is -2.34. The largest absolute Gasteiger partial charge is 0.317 e. The molecule has 3 aliphatic rings. The van der Waals surface area contributed by atoms with Crippen molar-refractivity contribution in [2.45, 2.75) is 12.8 Å². The third-order valence-electron chi connectivity index (χ3n) is 5.63. The average molecular weight is 385 g/mol. The number of carbonyl (C=O) groups excluding carboxylic acids is 1. The lowest BCUT2D eigenvalue weighted by molar-refractivity contribution is -0.124. The van der Waals surface area contributed by atoms with Gasteiger partial charge in [0, 0.05) is 30.6 Å². The van der Waals surface area contributed by atoms with E-state index < -0.39 is 0 Å². The third kappa shape index (κ3) is 3.47. The molecule has 6 heteroatoms. The molecule has 0 atom stereocenters. The van der Waals surface area contributed by atoms with Crippen LogP contribution in [0.25, 0.3) is 16.5 Å². The zero-order valence-electron chi connectivity index (χ0n) is 16.4. The van der Waals surface area contributed by atoms with Gasteiger partial charge in [-0.1, -0.05) is 18.2 Å². The van der Waals surface area contributed by atoms with Gasteiger partial charge in [0.2, 0.25) is 0 Å². The Labute approximate surface area is 169 Å². The topological polar surface area (TPSA) is 62.5 Å². The molecular formula is C23H23N5O. The van der Waals surface area contributed by atoms with Crippen LogP contribution in [0.2, 0.25) is 0 Å². The highest BCUT2D eigenvalue weighted by Crippen LogP contribution is 2.26. The second-order valence-corrected chi connectivity index (χ2v) is 7.66. The Kier molecular flexibility index (Phi) is 4.48.